The Morgan fingerprint density at radius 1 is 1.00 bits per heavy atom. The predicted octanol–water partition coefficient (Wildman–Crippen LogP) is 1.88. The van der Waals surface area contributed by atoms with Crippen LogP contribution >= 0.6 is 0 Å². The Bertz CT molecular complexity index is 485. The number of hydrogen-bond donors (Lipinski definition) is 2. The van der Waals surface area contributed by atoms with Crippen molar-refractivity contribution in [1.82, 2.24) is 15.5 Å². The van der Waals surface area contributed by atoms with Crippen molar-refractivity contribution >= 4 is 0 Å². The second-order valence-corrected chi connectivity index (χ2v) is 7.06. The van der Waals surface area contributed by atoms with Crippen molar-refractivity contribution in [3.63, 3.8) is 0 Å². The van der Waals surface area contributed by atoms with Gasteiger partial charge in [-0.25, -0.2) is 0 Å². The molecule has 2 N–H and O–H groups in total. The van der Waals surface area contributed by atoms with E-state index >= 15 is 0 Å². The Labute approximate surface area is 128 Å². The molecule has 0 bridgehead atoms. The molecule has 1 spiro atoms. The molecular weight excluding hydrogens is 258 g/mol. The predicted molar refractivity (Wildman–Crippen MR) is 86.5 cm³/mol. The summed E-state index contributed by atoms with van der Waals surface area (Å²) in [4.78, 5) is 2.77. The van der Waals surface area contributed by atoms with Crippen LogP contribution in [0.1, 0.15) is 36.8 Å². The summed E-state index contributed by atoms with van der Waals surface area (Å²) in [7, 11) is 0. The van der Waals surface area contributed by atoms with Gasteiger partial charge in [-0.2, -0.15) is 0 Å². The van der Waals surface area contributed by atoms with Crippen LogP contribution in [0.15, 0.2) is 24.3 Å². The molecule has 2 fully saturated rings. The van der Waals surface area contributed by atoms with Crippen LogP contribution in [0.3, 0.4) is 0 Å². The van der Waals surface area contributed by atoms with E-state index in [1.54, 1.807) is 5.56 Å². The fraction of sp³-hybridized carbons (Fsp3) is 0.667. The summed E-state index contributed by atoms with van der Waals surface area (Å²) < 4.78 is 0. The third-order valence-electron chi connectivity index (χ3n) is 5.95. The fourth-order valence-electron chi connectivity index (χ4n) is 4.66. The number of nitrogens with one attached hydrogen (secondary N) is 2. The van der Waals surface area contributed by atoms with Gasteiger partial charge < -0.3 is 15.5 Å². The van der Waals surface area contributed by atoms with Crippen LogP contribution < -0.4 is 10.6 Å². The lowest BCUT2D eigenvalue weighted by Crippen LogP contribution is -2.54. The van der Waals surface area contributed by atoms with Crippen LogP contribution in [-0.2, 0) is 12.0 Å². The SMILES string of the molecule is c1ccc2c(c1)CNCC21CCN(C2CCNCC2)CC1. The van der Waals surface area contributed by atoms with Gasteiger partial charge in [-0.3, -0.25) is 0 Å². The maximum Gasteiger partial charge on any atom is 0.0208 e. The molecule has 1 aromatic carbocycles. The summed E-state index contributed by atoms with van der Waals surface area (Å²) >= 11 is 0. The third-order valence-corrected chi connectivity index (χ3v) is 5.95. The molecule has 3 aliphatic rings. The molecule has 3 heteroatoms. The van der Waals surface area contributed by atoms with Crippen molar-refractivity contribution in [3.05, 3.63) is 35.4 Å². The Kier molecular flexibility index (Phi) is 3.74. The van der Waals surface area contributed by atoms with E-state index in [1.165, 1.54) is 64.0 Å². The quantitative estimate of drug-likeness (QED) is 0.825. The van der Waals surface area contributed by atoms with Crippen molar-refractivity contribution in [2.45, 2.75) is 43.7 Å². The molecule has 0 unspecified atom stereocenters. The molecule has 3 aliphatic heterocycles. The molecule has 1 aromatic rings. The smallest absolute Gasteiger partial charge is 0.0208 e. The summed E-state index contributed by atoms with van der Waals surface area (Å²) in [5, 5.41) is 7.15. The minimum atomic E-state index is 0.401. The number of benzene rings is 1. The highest BCUT2D eigenvalue weighted by Gasteiger charge is 2.40. The second-order valence-electron chi connectivity index (χ2n) is 7.06. The number of nitrogens with zero attached hydrogens (tertiary/aromatic N) is 1. The van der Waals surface area contributed by atoms with E-state index in [0.717, 1.165) is 12.6 Å². The van der Waals surface area contributed by atoms with E-state index in [-0.39, 0.29) is 0 Å². The molecule has 0 atom stereocenters. The monoisotopic (exact) mass is 285 g/mol. The van der Waals surface area contributed by atoms with Crippen molar-refractivity contribution in [2.75, 3.05) is 32.7 Å². The molecule has 0 radical (unpaired) electrons. The van der Waals surface area contributed by atoms with E-state index in [1.807, 2.05) is 0 Å². The van der Waals surface area contributed by atoms with E-state index in [0.29, 0.717) is 5.41 Å². The molecule has 0 saturated carbocycles. The van der Waals surface area contributed by atoms with Gasteiger partial charge in [0.1, 0.15) is 0 Å². The van der Waals surface area contributed by atoms with Gasteiger partial charge in [-0.05, 0) is 63.0 Å². The standard InChI is InChI=1S/C18H27N3/c1-2-4-17-15(3-1)13-20-14-18(17)7-11-21(12-8-18)16-5-9-19-10-6-16/h1-4,16,19-20H,5-14H2. The Hall–Kier alpha value is -0.900. The maximum atomic E-state index is 3.67. The number of hydrogen-bond acceptors (Lipinski definition) is 3. The second kappa shape index (κ2) is 5.71. The van der Waals surface area contributed by atoms with Crippen molar-refractivity contribution in [2.24, 2.45) is 0 Å². The molecular formula is C18H27N3. The average molecular weight is 285 g/mol. The third kappa shape index (κ3) is 2.52. The Morgan fingerprint density at radius 3 is 2.57 bits per heavy atom. The first kappa shape index (κ1) is 13.7. The van der Waals surface area contributed by atoms with E-state index in [2.05, 4.69) is 39.8 Å². The average Bonchev–Trinajstić information content (AvgIpc) is 2.57. The molecule has 3 heterocycles. The van der Waals surface area contributed by atoms with Crippen LogP contribution in [0, 0.1) is 0 Å². The molecule has 2 saturated heterocycles. The molecule has 0 amide bonds. The van der Waals surface area contributed by atoms with Crippen molar-refractivity contribution in [3.8, 4) is 0 Å². The topological polar surface area (TPSA) is 27.3 Å². The van der Waals surface area contributed by atoms with Gasteiger partial charge in [0.15, 0.2) is 0 Å². The van der Waals surface area contributed by atoms with Crippen LogP contribution in [0.4, 0.5) is 0 Å². The minimum absolute atomic E-state index is 0.401. The van der Waals surface area contributed by atoms with Gasteiger partial charge in [0, 0.05) is 24.5 Å². The Morgan fingerprint density at radius 2 is 1.76 bits per heavy atom. The largest absolute Gasteiger partial charge is 0.317 e. The van der Waals surface area contributed by atoms with Gasteiger partial charge in [0.2, 0.25) is 0 Å². The summed E-state index contributed by atoms with van der Waals surface area (Å²) in [5.74, 6) is 0. The van der Waals surface area contributed by atoms with Crippen molar-refractivity contribution in [1.29, 1.82) is 0 Å². The van der Waals surface area contributed by atoms with Gasteiger partial charge in [0.25, 0.3) is 0 Å². The highest BCUT2D eigenvalue weighted by molar-refractivity contribution is 5.37. The summed E-state index contributed by atoms with van der Waals surface area (Å²) in [6, 6.07) is 9.93. The number of piperidine rings is 2. The first-order valence-corrected chi connectivity index (χ1v) is 8.61. The zero-order valence-corrected chi connectivity index (χ0v) is 12.9. The first-order chi connectivity index (χ1) is 10.4. The van der Waals surface area contributed by atoms with E-state index < -0.39 is 0 Å². The molecule has 0 aromatic heterocycles. The molecule has 114 valence electrons. The summed E-state index contributed by atoms with van der Waals surface area (Å²) in [5.41, 5.74) is 3.56. The highest BCUT2D eigenvalue weighted by atomic mass is 15.2. The molecule has 21 heavy (non-hydrogen) atoms. The normalized spacial score (nSPS) is 26.7. The van der Waals surface area contributed by atoms with Gasteiger partial charge in [0.05, 0.1) is 0 Å². The fourth-order valence-corrected chi connectivity index (χ4v) is 4.66. The zero-order chi connectivity index (χ0) is 14.1. The minimum Gasteiger partial charge on any atom is -0.317 e. The molecule has 3 nitrogen and oxygen atoms in total. The maximum absolute atomic E-state index is 3.67. The first-order valence-electron chi connectivity index (χ1n) is 8.61. The van der Waals surface area contributed by atoms with Crippen LogP contribution in [0.2, 0.25) is 0 Å². The van der Waals surface area contributed by atoms with E-state index in [4.69, 9.17) is 0 Å². The number of likely N-dealkylation sites (tertiary alicyclic amines) is 1. The zero-order valence-electron chi connectivity index (χ0n) is 12.9. The number of rotatable bonds is 1. The lowest BCUT2D eigenvalue weighted by Gasteiger charge is -2.48. The van der Waals surface area contributed by atoms with Crippen LogP contribution in [-0.4, -0.2) is 43.7 Å². The van der Waals surface area contributed by atoms with Gasteiger partial charge in [-0.1, -0.05) is 24.3 Å². The molecule has 4 rings (SSSR count). The van der Waals surface area contributed by atoms with Gasteiger partial charge in [-0.15, -0.1) is 0 Å². The lowest BCUT2D eigenvalue weighted by atomic mass is 9.69. The van der Waals surface area contributed by atoms with Crippen LogP contribution in [0.5, 0.6) is 0 Å². The van der Waals surface area contributed by atoms with Gasteiger partial charge >= 0.3 is 0 Å². The lowest BCUT2D eigenvalue weighted by molar-refractivity contribution is 0.0923. The Balaban J connectivity index is 1.49. The van der Waals surface area contributed by atoms with Crippen molar-refractivity contribution < 1.29 is 0 Å². The number of fused-ring (bicyclic) bond motifs is 2. The molecule has 0 aliphatic carbocycles. The summed E-state index contributed by atoms with van der Waals surface area (Å²) in [6.45, 7) is 7.19. The summed E-state index contributed by atoms with van der Waals surface area (Å²) in [6.07, 6.45) is 5.31. The van der Waals surface area contributed by atoms with Crippen LogP contribution in [0.25, 0.3) is 0 Å². The highest BCUT2D eigenvalue weighted by Crippen LogP contribution is 2.39. The van der Waals surface area contributed by atoms with E-state index in [9.17, 15) is 0 Å².